The monoisotopic (exact) mass is 379 g/mol. The van der Waals surface area contributed by atoms with Crippen LogP contribution in [0.4, 0.5) is 0 Å². The molecule has 0 atom stereocenters. The highest BCUT2D eigenvalue weighted by Crippen LogP contribution is 2.34. The second-order valence-corrected chi connectivity index (χ2v) is 6.50. The molecule has 0 saturated heterocycles. The Morgan fingerprint density at radius 3 is 2.50 bits per heavy atom. The molecule has 3 rings (SSSR count). The fraction of sp³-hybridized carbons (Fsp3) is 0.0588. The van der Waals surface area contributed by atoms with Gasteiger partial charge in [-0.05, 0) is 24.3 Å². The molecule has 0 radical (unpaired) electrons. The van der Waals surface area contributed by atoms with Gasteiger partial charge < -0.3 is 9.84 Å². The van der Waals surface area contributed by atoms with Gasteiger partial charge in [-0.1, -0.05) is 41.4 Å². The van der Waals surface area contributed by atoms with Gasteiger partial charge in [-0.3, -0.25) is 0 Å². The predicted molar refractivity (Wildman–Crippen MR) is 95.3 cm³/mol. The van der Waals surface area contributed by atoms with Crippen LogP contribution in [0.25, 0.3) is 10.6 Å². The fourth-order valence-electron chi connectivity index (χ4n) is 2.09. The molecule has 0 amide bonds. The summed E-state index contributed by atoms with van der Waals surface area (Å²) in [5, 5.41) is 12.1. The van der Waals surface area contributed by atoms with Gasteiger partial charge in [0.15, 0.2) is 5.69 Å². The largest absolute Gasteiger partial charge is 0.488 e. The number of rotatable bonds is 5. The van der Waals surface area contributed by atoms with E-state index in [1.165, 1.54) is 16.7 Å². The minimum absolute atomic E-state index is 0.0129. The van der Waals surface area contributed by atoms with Gasteiger partial charge in [0.25, 0.3) is 0 Å². The van der Waals surface area contributed by atoms with E-state index in [-0.39, 0.29) is 12.3 Å². The van der Waals surface area contributed by atoms with Crippen molar-refractivity contribution in [2.24, 2.45) is 0 Å². The lowest BCUT2D eigenvalue weighted by atomic mass is 10.2. The first kappa shape index (κ1) is 16.8. The lowest BCUT2D eigenvalue weighted by Gasteiger charge is -2.12. The Labute approximate surface area is 152 Å². The van der Waals surface area contributed by atoms with E-state index in [2.05, 4.69) is 4.98 Å². The number of hydrogen-bond donors (Lipinski definition) is 1. The third-order valence-electron chi connectivity index (χ3n) is 3.27. The smallest absolute Gasteiger partial charge is 0.355 e. The molecule has 0 fully saturated rings. The van der Waals surface area contributed by atoms with Gasteiger partial charge in [-0.15, -0.1) is 11.3 Å². The van der Waals surface area contributed by atoms with E-state index >= 15 is 0 Å². The third-order valence-corrected chi connectivity index (χ3v) is 4.86. The molecule has 1 N–H and O–H groups in total. The van der Waals surface area contributed by atoms with E-state index in [0.717, 1.165) is 5.56 Å². The normalized spacial score (nSPS) is 10.6. The Morgan fingerprint density at radius 2 is 1.83 bits per heavy atom. The number of thiazole rings is 1. The van der Waals surface area contributed by atoms with Crippen molar-refractivity contribution in [2.75, 3.05) is 0 Å². The maximum atomic E-state index is 11.0. The number of aromatic carboxylic acids is 1. The average Bonchev–Trinajstić information content (AvgIpc) is 3.05. The summed E-state index contributed by atoms with van der Waals surface area (Å²) in [6.45, 7) is 0.201. The summed E-state index contributed by atoms with van der Waals surface area (Å²) in [5.74, 6) is -0.474. The molecule has 2 aromatic carbocycles. The Bertz CT molecular complexity index is 875. The van der Waals surface area contributed by atoms with E-state index in [9.17, 15) is 4.79 Å². The van der Waals surface area contributed by atoms with Crippen LogP contribution in [0.15, 0.2) is 47.8 Å². The van der Waals surface area contributed by atoms with Crippen molar-refractivity contribution in [1.82, 2.24) is 4.98 Å². The molecule has 1 aromatic heterocycles. The summed E-state index contributed by atoms with van der Waals surface area (Å²) in [6.07, 6.45) is 0. The van der Waals surface area contributed by atoms with Gasteiger partial charge in [0.1, 0.15) is 17.4 Å². The number of halogens is 2. The third kappa shape index (κ3) is 3.53. The molecule has 3 aromatic rings. The summed E-state index contributed by atoms with van der Waals surface area (Å²) in [6, 6.07) is 12.6. The SMILES string of the molecule is O=C(O)c1csc(-c2ccccc2OCc2c(Cl)cccc2Cl)n1. The lowest BCUT2D eigenvalue weighted by Crippen LogP contribution is -1.99. The maximum Gasteiger partial charge on any atom is 0.355 e. The number of benzene rings is 2. The standard InChI is InChI=1S/C17H11Cl2NO3S/c18-12-5-3-6-13(19)11(12)8-23-15-7-2-1-4-10(15)16-20-14(9-24-16)17(21)22/h1-7,9H,8H2,(H,21,22). The molecule has 4 nitrogen and oxygen atoms in total. The van der Waals surface area contributed by atoms with Crippen molar-refractivity contribution in [2.45, 2.75) is 6.61 Å². The second-order valence-electron chi connectivity index (χ2n) is 4.83. The van der Waals surface area contributed by atoms with E-state index in [4.69, 9.17) is 33.0 Å². The molecule has 7 heteroatoms. The zero-order valence-corrected chi connectivity index (χ0v) is 14.5. The first-order chi connectivity index (χ1) is 11.6. The van der Waals surface area contributed by atoms with E-state index in [0.29, 0.717) is 26.4 Å². The van der Waals surface area contributed by atoms with Crippen LogP contribution in [0.5, 0.6) is 5.75 Å². The quantitative estimate of drug-likeness (QED) is 0.644. The van der Waals surface area contributed by atoms with Crippen molar-refractivity contribution < 1.29 is 14.6 Å². The molecule has 0 bridgehead atoms. The predicted octanol–water partition coefficient (Wildman–Crippen LogP) is 5.39. The molecule has 0 aliphatic rings. The van der Waals surface area contributed by atoms with E-state index < -0.39 is 5.97 Å². The number of carbonyl (C=O) groups is 1. The molecular weight excluding hydrogens is 369 g/mol. The van der Waals surface area contributed by atoms with Crippen LogP contribution < -0.4 is 4.74 Å². The van der Waals surface area contributed by atoms with Crippen molar-refractivity contribution >= 4 is 40.5 Å². The van der Waals surface area contributed by atoms with Crippen LogP contribution in [-0.2, 0) is 6.61 Å². The van der Waals surface area contributed by atoms with Gasteiger partial charge >= 0.3 is 5.97 Å². The zero-order valence-electron chi connectivity index (χ0n) is 12.2. The van der Waals surface area contributed by atoms with Crippen LogP contribution in [0.3, 0.4) is 0 Å². The first-order valence-corrected chi connectivity index (χ1v) is 8.53. The van der Waals surface area contributed by atoms with E-state index in [1.807, 2.05) is 18.2 Å². The van der Waals surface area contributed by atoms with Crippen LogP contribution in [0.1, 0.15) is 16.1 Å². The van der Waals surface area contributed by atoms with Crippen molar-refractivity contribution in [3.05, 3.63) is 69.1 Å². The van der Waals surface area contributed by atoms with Crippen molar-refractivity contribution in [3.63, 3.8) is 0 Å². The summed E-state index contributed by atoms with van der Waals surface area (Å²) in [7, 11) is 0. The Kier molecular flexibility index (Phi) is 5.04. The topological polar surface area (TPSA) is 59.4 Å². The summed E-state index contributed by atoms with van der Waals surface area (Å²) < 4.78 is 5.86. The maximum absolute atomic E-state index is 11.0. The fourth-order valence-corrected chi connectivity index (χ4v) is 3.42. The molecular formula is C17H11Cl2NO3S. The van der Waals surface area contributed by atoms with Crippen LogP contribution in [0.2, 0.25) is 10.0 Å². The van der Waals surface area contributed by atoms with Gasteiger partial charge in [0, 0.05) is 21.0 Å². The first-order valence-electron chi connectivity index (χ1n) is 6.90. The highest BCUT2D eigenvalue weighted by Gasteiger charge is 2.14. The second kappa shape index (κ2) is 7.21. The number of carboxylic acid groups (broad SMARTS) is 1. The van der Waals surface area contributed by atoms with Crippen LogP contribution in [0, 0.1) is 0 Å². The molecule has 0 saturated carbocycles. The number of aromatic nitrogens is 1. The molecule has 0 unspecified atom stereocenters. The summed E-state index contributed by atoms with van der Waals surface area (Å²) in [5.41, 5.74) is 1.43. The minimum atomic E-state index is -1.06. The molecule has 1 heterocycles. The Balaban J connectivity index is 1.88. The van der Waals surface area contributed by atoms with Crippen LogP contribution >= 0.6 is 34.5 Å². The van der Waals surface area contributed by atoms with Crippen LogP contribution in [-0.4, -0.2) is 16.1 Å². The number of nitrogens with zero attached hydrogens (tertiary/aromatic N) is 1. The molecule has 24 heavy (non-hydrogen) atoms. The minimum Gasteiger partial charge on any atom is -0.488 e. The number of ether oxygens (including phenoxy) is 1. The van der Waals surface area contributed by atoms with Crippen molar-refractivity contribution in [1.29, 1.82) is 0 Å². The van der Waals surface area contributed by atoms with Crippen molar-refractivity contribution in [3.8, 4) is 16.3 Å². The molecule has 0 aliphatic carbocycles. The van der Waals surface area contributed by atoms with Gasteiger partial charge in [-0.25, -0.2) is 9.78 Å². The molecule has 0 spiro atoms. The Morgan fingerprint density at radius 1 is 1.12 bits per heavy atom. The lowest BCUT2D eigenvalue weighted by molar-refractivity contribution is 0.0691. The average molecular weight is 380 g/mol. The molecule has 0 aliphatic heterocycles. The number of para-hydroxylation sites is 1. The number of carboxylic acids is 1. The zero-order chi connectivity index (χ0) is 17.1. The van der Waals surface area contributed by atoms with Gasteiger partial charge in [0.05, 0.1) is 5.56 Å². The van der Waals surface area contributed by atoms with E-state index in [1.54, 1.807) is 24.3 Å². The highest BCUT2D eigenvalue weighted by atomic mass is 35.5. The highest BCUT2D eigenvalue weighted by molar-refractivity contribution is 7.13. The van der Waals surface area contributed by atoms with Gasteiger partial charge in [-0.2, -0.15) is 0 Å². The summed E-state index contributed by atoms with van der Waals surface area (Å²) >= 11 is 13.6. The number of hydrogen-bond acceptors (Lipinski definition) is 4. The Hall–Kier alpha value is -2.08. The summed E-state index contributed by atoms with van der Waals surface area (Å²) in [4.78, 5) is 15.1. The molecule has 122 valence electrons. The van der Waals surface area contributed by atoms with Gasteiger partial charge in [0.2, 0.25) is 0 Å².